The number of sulfonamides is 1. The number of fused-ring (bicyclic) bond motifs is 2. The number of hydrogen-bond donors (Lipinski definition) is 2. The molecule has 5 aromatic rings. The summed E-state index contributed by atoms with van der Waals surface area (Å²) in [5.41, 5.74) is 1.11. The first-order valence-corrected chi connectivity index (χ1v) is 21.5. The van der Waals surface area contributed by atoms with Crippen LogP contribution in [0, 0.1) is 0 Å². The molecule has 12 heteroatoms. The maximum Gasteiger partial charge on any atom is 0.310 e. The third kappa shape index (κ3) is 8.02. The van der Waals surface area contributed by atoms with Gasteiger partial charge in [-0.1, -0.05) is 62.7 Å². The van der Waals surface area contributed by atoms with E-state index in [1.807, 2.05) is 60.1 Å². The molecule has 0 bridgehead atoms. The van der Waals surface area contributed by atoms with E-state index in [0.717, 1.165) is 50.1 Å². The highest BCUT2D eigenvalue weighted by atomic mass is 35.5. The number of thiophene rings is 2. The molecular formula is C33H39ClN2O5S3Si. The van der Waals surface area contributed by atoms with Gasteiger partial charge in [-0.3, -0.25) is 4.72 Å². The Morgan fingerprint density at radius 1 is 0.867 bits per heavy atom. The second kappa shape index (κ2) is 14.0. The van der Waals surface area contributed by atoms with Gasteiger partial charge in [0.05, 0.1) is 23.1 Å². The summed E-state index contributed by atoms with van der Waals surface area (Å²) in [5.74, 6) is 0.144. The summed E-state index contributed by atoms with van der Waals surface area (Å²) in [4.78, 5) is 0. The fraction of sp³-hybridized carbons (Fsp3) is 0.333. The van der Waals surface area contributed by atoms with Crippen LogP contribution in [0.25, 0.3) is 20.2 Å². The number of anilines is 1. The number of halogens is 1. The molecule has 0 saturated heterocycles. The van der Waals surface area contributed by atoms with Crippen LogP contribution in [0.3, 0.4) is 0 Å². The van der Waals surface area contributed by atoms with Crippen molar-refractivity contribution in [3.63, 3.8) is 0 Å². The minimum atomic E-state index is -3.54. The molecule has 0 aliphatic rings. The summed E-state index contributed by atoms with van der Waals surface area (Å²) in [5, 5.41) is 9.89. The van der Waals surface area contributed by atoms with E-state index >= 15 is 0 Å². The Morgan fingerprint density at radius 2 is 1.40 bits per heavy atom. The van der Waals surface area contributed by atoms with Crippen molar-refractivity contribution in [3.8, 4) is 11.5 Å². The summed E-state index contributed by atoms with van der Waals surface area (Å²) in [6, 6.07) is 24.4. The average Bonchev–Trinajstić information content (AvgIpc) is 3.62. The third-order valence-electron chi connectivity index (χ3n) is 8.09. The van der Waals surface area contributed by atoms with Gasteiger partial charge in [0.1, 0.15) is 11.5 Å². The van der Waals surface area contributed by atoms with Crippen LogP contribution in [-0.2, 0) is 14.4 Å². The lowest BCUT2D eigenvalue weighted by atomic mass is 10.1. The standard InChI is InChI=1S/C33H39ClN2O5S3Si/c1-6-45(7-2,8-3)41-28(23-17-18-26(34)27(19-23)36-44(5,37)38)20-35-33(4,39-29-21-42-31-15-11-9-13-24(29)31)40-30-22-43-32-16-12-10-14-25(30)32/h9-19,21-22,28,35-36H,6-8,20H2,1-5H3. The van der Waals surface area contributed by atoms with Crippen LogP contribution >= 0.6 is 34.3 Å². The minimum Gasteiger partial charge on any atom is -0.438 e. The third-order valence-corrected chi connectivity index (χ3v) is 15.5. The number of rotatable bonds is 15. The molecule has 0 saturated carbocycles. The van der Waals surface area contributed by atoms with Crippen LogP contribution in [0.5, 0.6) is 11.5 Å². The zero-order valence-electron chi connectivity index (χ0n) is 26.1. The van der Waals surface area contributed by atoms with Gasteiger partial charge in [0, 0.05) is 44.4 Å². The topological polar surface area (TPSA) is 85.9 Å². The molecule has 5 rings (SSSR count). The monoisotopic (exact) mass is 702 g/mol. The van der Waals surface area contributed by atoms with E-state index in [1.54, 1.807) is 34.8 Å². The molecule has 0 fully saturated rings. The van der Waals surface area contributed by atoms with Crippen molar-refractivity contribution in [2.75, 3.05) is 17.5 Å². The highest BCUT2D eigenvalue weighted by molar-refractivity contribution is 7.92. The van der Waals surface area contributed by atoms with Gasteiger partial charge in [-0.05, 0) is 60.1 Å². The lowest BCUT2D eigenvalue weighted by Gasteiger charge is -2.37. The zero-order chi connectivity index (χ0) is 32.2. The number of benzene rings is 3. The number of ether oxygens (including phenoxy) is 2. The predicted octanol–water partition coefficient (Wildman–Crippen LogP) is 9.63. The fourth-order valence-corrected chi connectivity index (χ4v) is 10.7. The lowest BCUT2D eigenvalue weighted by molar-refractivity contribution is -0.126. The Morgan fingerprint density at radius 3 is 1.91 bits per heavy atom. The lowest BCUT2D eigenvalue weighted by Crippen LogP contribution is -2.54. The molecule has 0 amide bonds. The van der Waals surface area contributed by atoms with Gasteiger partial charge in [0.25, 0.3) is 0 Å². The molecule has 2 heterocycles. The van der Waals surface area contributed by atoms with Crippen molar-refractivity contribution in [2.24, 2.45) is 0 Å². The first-order valence-electron chi connectivity index (χ1n) is 15.0. The van der Waals surface area contributed by atoms with Crippen LogP contribution in [0.4, 0.5) is 5.69 Å². The van der Waals surface area contributed by atoms with E-state index in [0.29, 0.717) is 28.8 Å². The largest absolute Gasteiger partial charge is 0.438 e. The van der Waals surface area contributed by atoms with Gasteiger partial charge in [0.15, 0.2) is 8.32 Å². The minimum absolute atomic E-state index is 0.311. The molecule has 0 aliphatic heterocycles. The molecule has 0 spiro atoms. The Balaban J connectivity index is 1.52. The van der Waals surface area contributed by atoms with E-state index in [1.165, 1.54) is 0 Å². The van der Waals surface area contributed by atoms with Crippen molar-refractivity contribution in [1.82, 2.24) is 5.32 Å². The highest BCUT2D eigenvalue weighted by Crippen LogP contribution is 2.38. The van der Waals surface area contributed by atoms with Crippen molar-refractivity contribution in [3.05, 3.63) is 88.1 Å². The summed E-state index contributed by atoms with van der Waals surface area (Å²) in [6.45, 7) is 8.76. The molecule has 240 valence electrons. The summed E-state index contributed by atoms with van der Waals surface area (Å²) in [6.07, 6.45) is 0.677. The number of hydrogen-bond acceptors (Lipinski definition) is 8. The molecule has 1 unspecified atom stereocenters. The smallest absolute Gasteiger partial charge is 0.310 e. The molecular weight excluding hydrogens is 664 g/mol. The molecule has 3 aromatic carbocycles. The zero-order valence-corrected chi connectivity index (χ0v) is 30.3. The molecule has 7 nitrogen and oxygen atoms in total. The van der Waals surface area contributed by atoms with Crippen molar-refractivity contribution >= 4 is 78.5 Å². The normalized spacial score (nSPS) is 13.3. The molecule has 0 aliphatic carbocycles. The second-order valence-corrected chi connectivity index (χ2v) is 19.9. The van der Waals surface area contributed by atoms with Crippen molar-refractivity contribution in [1.29, 1.82) is 0 Å². The Labute approximate surface area is 279 Å². The average molecular weight is 703 g/mol. The second-order valence-electron chi connectivity index (χ2n) is 11.2. The van der Waals surface area contributed by atoms with E-state index in [9.17, 15) is 8.42 Å². The maximum absolute atomic E-state index is 12.1. The van der Waals surface area contributed by atoms with Crippen LogP contribution in [0.15, 0.2) is 77.5 Å². The predicted molar refractivity (Wildman–Crippen MR) is 192 cm³/mol. The van der Waals surface area contributed by atoms with Gasteiger partial charge in [-0.25, -0.2) is 13.7 Å². The molecule has 1 atom stereocenters. The van der Waals surface area contributed by atoms with Gasteiger partial charge >= 0.3 is 5.91 Å². The molecule has 2 aromatic heterocycles. The van der Waals surface area contributed by atoms with Crippen LogP contribution < -0.4 is 19.5 Å². The van der Waals surface area contributed by atoms with E-state index in [-0.39, 0.29) is 0 Å². The Kier molecular flexibility index (Phi) is 10.5. The SMILES string of the molecule is CC[Si](CC)(CC)OC(CNC(C)(Oc1csc2ccccc12)Oc1csc2ccccc12)c1ccc(Cl)c(NS(C)(=O)=O)c1. The fourth-order valence-electron chi connectivity index (χ4n) is 5.41. The van der Waals surface area contributed by atoms with Gasteiger partial charge in [0.2, 0.25) is 10.0 Å². The van der Waals surface area contributed by atoms with Crippen molar-refractivity contribution in [2.45, 2.75) is 57.8 Å². The Hall–Kier alpha value is -2.64. The van der Waals surface area contributed by atoms with Crippen LogP contribution in [0.1, 0.15) is 39.4 Å². The molecule has 0 radical (unpaired) electrons. The van der Waals surface area contributed by atoms with Gasteiger partial charge < -0.3 is 13.9 Å². The van der Waals surface area contributed by atoms with Gasteiger partial charge in [-0.2, -0.15) is 0 Å². The first kappa shape index (κ1) is 33.7. The maximum atomic E-state index is 12.1. The van der Waals surface area contributed by atoms with Crippen LogP contribution in [-0.4, -0.2) is 35.4 Å². The van der Waals surface area contributed by atoms with E-state index < -0.39 is 30.4 Å². The summed E-state index contributed by atoms with van der Waals surface area (Å²) >= 11 is 9.65. The molecule has 2 N–H and O–H groups in total. The molecule has 45 heavy (non-hydrogen) atoms. The van der Waals surface area contributed by atoms with E-state index in [4.69, 9.17) is 25.5 Å². The quantitative estimate of drug-likeness (QED) is 0.0835. The van der Waals surface area contributed by atoms with Gasteiger partial charge in [-0.15, -0.1) is 22.7 Å². The Bertz CT molecular complexity index is 1790. The summed E-state index contributed by atoms with van der Waals surface area (Å²) < 4.78 is 49.5. The van der Waals surface area contributed by atoms with E-state index in [2.05, 4.69) is 42.9 Å². The van der Waals surface area contributed by atoms with Crippen molar-refractivity contribution < 1.29 is 22.3 Å². The van der Waals surface area contributed by atoms with Crippen LogP contribution in [0.2, 0.25) is 23.2 Å². The summed E-state index contributed by atoms with van der Waals surface area (Å²) in [7, 11) is -5.67. The first-order chi connectivity index (χ1) is 21.5. The highest BCUT2D eigenvalue weighted by Gasteiger charge is 2.36. The number of nitrogens with one attached hydrogen (secondary N) is 2.